The molecule has 1 aromatic heterocycles. The monoisotopic (exact) mass is 369 g/mol. The zero-order valence-electron chi connectivity index (χ0n) is 12.9. The van der Waals surface area contributed by atoms with E-state index in [-0.39, 0.29) is 0 Å². The first-order valence-electron chi connectivity index (χ1n) is 7.80. The first-order valence-corrected chi connectivity index (χ1v) is 9.58. The van der Waals surface area contributed by atoms with Gasteiger partial charge in [-0.3, -0.25) is 0 Å². The number of nitrogens with one attached hydrogen (secondary N) is 1. The molecule has 1 saturated heterocycles. The Bertz CT molecular complexity index is 502. The topological polar surface area (TPSA) is 28.2 Å². The number of thioether (sulfide) groups is 1. The second-order valence-electron chi connectivity index (χ2n) is 6.64. The molecule has 116 valence electrons. The first kappa shape index (κ1) is 15.6. The minimum atomic E-state index is 0.385. The van der Waals surface area contributed by atoms with Crippen molar-refractivity contribution in [1.82, 2.24) is 10.3 Å². The van der Waals surface area contributed by atoms with Gasteiger partial charge in [0.1, 0.15) is 5.82 Å². The van der Waals surface area contributed by atoms with Crippen LogP contribution >= 0.6 is 27.7 Å². The van der Waals surface area contributed by atoms with Crippen molar-refractivity contribution in [1.29, 1.82) is 0 Å². The van der Waals surface area contributed by atoms with Crippen LogP contribution in [0.3, 0.4) is 0 Å². The number of halogens is 1. The highest BCUT2D eigenvalue weighted by atomic mass is 79.9. The lowest BCUT2D eigenvalue weighted by Gasteiger charge is -2.25. The molecule has 1 N–H and O–H groups in total. The molecule has 0 aromatic carbocycles. The van der Waals surface area contributed by atoms with Gasteiger partial charge in [-0.1, -0.05) is 13.8 Å². The molecule has 2 heterocycles. The van der Waals surface area contributed by atoms with Gasteiger partial charge in [-0.05, 0) is 41.3 Å². The van der Waals surface area contributed by atoms with Crippen molar-refractivity contribution in [2.75, 3.05) is 23.7 Å². The van der Waals surface area contributed by atoms with Crippen molar-refractivity contribution in [3.8, 4) is 0 Å². The number of hydrogen-bond acceptors (Lipinski definition) is 4. The Kier molecular flexibility index (Phi) is 4.81. The third kappa shape index (κ3) is 4.36. The van der Waals surface area contributed by atoms with Crippen molar-refractivity contribution < 1.29 is 0 Å². The summed E-state index contributed by atoms with van der Waals surface area (Å²) in [6.07, 6.45) is 5.79. The summed E-state index contributed by atoms with van der Waals surface area (Å²) in [5.41, 5.74) is 1.32. The Hall–Kier alpha value is -0.260. The largest absolute Gasteiger partial charge is 0.355 e. The average molecular weight is 370 g/mol. The van der Waals surface area contributed by atoms with Gasteiger partial charge < -0.3 is 10.2 Å². The van der Waals surface area contributed by atoms with Gasteiger partial charge in [0, 0.05) is 52.4 Å². The van der Waals surface area contributed by atoms with Crippen LogP contribution in [-0.4, -0.2) is 34.6 Å². The number of aromatic nitrogens is 1. The Labute approximate surface area is 140 Å². The van der Waals surface area contributed by atoms with Gasteiger partial charge >= 0.3 is 0 Å². The highest BCUT2D eigenvalue weighted by Gasteiger charge is 2.26. The maximum atomic E-state index is 4.72. The van der Waals surface area contributed by atoms with Gasteiger partial charge in [0.2, 0.25) is 0 Å². The van der Waals surface area contributed by atoms with E-state index >= 15 is 0 Å². The smallest absolute Gasteiger partial charge is 0.133 e. The van der Waals surface area contributed by atoms with Gasteiger partial charge in [-0.2, -0.15) is 11.8 Å². The number of anilines is 1. The summed E-state index contributed by atoms with van der Waals surface area (Å²) >= 11 is 5.65. The fraction of sp³-hybridized carbons (Fsp3) is 0.688. The van der Waals surface area contributed by atoms with Crippen LogP contribution in [0.1, 0.15) is 38.7 Å². The van der Waals surface area contributed by atoms with Crippen molar-refractivity contribution in [2.24, 2.45) is 0 Å². The molecule has 0 amide bonds. The molecule has 1 saturated carbocycles. The molecule has 21 heavy (non-hydrogen) atoms. The van der Waals surface area contributed by atoms with E-state index in [0.29, 0.717) is 4.75 Å². The highest BCUT2D eigenvalue weighted by Crippen LogP contribution is 2.33. The predicted octanol–water partition coefficient (Wildman–Crippen LogP) is 3.82. The quantitative estimate of drug-likeness (QED) is 0.872. The SMILES string of the molecule is CC1(C)CCN(c2ncc(Br)cc2CNC2CC2)CCS1. The molecule has 0 bridgehead atoms. The molecule has 1 aliphatic heterocycles. The molecule has 1 aromatic rings. The van der Waals surface area contributed by atoms with E-state index in [4.69, 9.17) is 4.98 Å². The average Bonchev–Trinajstić information content (AvgIpc) is 3.25. The van der Waals surface area contributed by atoms with Crippen LogP contribution < -0.4 is 10.2 Å². The first-order chi connectivity index (χ1) is 10.0. The maximum absolute atomic E-state index is 4.72. The molecular weight excluding hydrogens is 346 g/mol. The summed E-state index contributed by atoms with van der Waals surface area (Å²) in [7, 11) is 0. The molecule has 0 atom stereocenters. The normalized spacial score (nSPS) is 22.1. The van der Waals surface area contributed by atoms with E-state index < -0.39 is 0 Å². The van der Waals surface area contributed by atoms with E-state index in [9.17, 15) is 0 Å². The van der Waals surface area contributed by atoms with Crippen molar-refractivity contribution in [2.45, 2.75) is 50.4 Å². The van der Waals surface area contributed by atoms with Crippen LogP contribution in [-0.2, 0) is 6.54 Å². The summed E-state index contributed by atoms with van der Waals surface area (Å²) in [6, 6.07) is 2.96. The third-order valence-electron chi connectivity index (χ3n) is 4.21. The van der Waals surface area contributed by atoms with Crippen LogP contribution in [0.25, 0.3) is 0 Å². The van der Waals surface area contributed by atoms with Gasteiger partial charge in [-0.15, -0.1) is 0 Å². The minimum Gasteiger partial charge on any atom is -0.355 e. The van der Waals surface area contributed by atoms with E-state index in [1.165, 1.54) is 36.4 Å². The molecular formula is C16H24BrN3S. The van der Waals surface area contributed by atoms with Gasteiger partial charge in [-0.25, -0.2) is 4.98 Å². The lowest BCUT2D eigenvalue weighted by molar-refractivity contribution is 0.630. The Balaban J connectivity index is 1.76. The van der Waals surface area contributed by atoms with Crippen LogP contribution in [0.5, 0.6) is 0 Å². The summed E-state index contributed by atoms with van der Waals surface area (Å²) in [5.74, 6) is 2.35. The second kappa shape index (κ2) is 6.47. The second-order valence-corrected chi connectivity index (χ2v) is 9.35. The number of nitrogens with zero attached hydrogens (tertiary/aromatic N) is 2. The fourth-order valence-corrected chi connectivity index (χ4v) is 4.14. The zero-order chi connectivity index (χ0) is 14.9. The van der Waals surface area contributed by atoms with Crippen LogP contribution in [0.15, 0.2) is 16.7 Å². The van der Waals surface area contributed by atoms with Crippen molar-refractivity contribution in [3.05, 3.63) is 22.3 Å². The molecule has 3 rings (SSSR count). The Morgan fingerprint density at radius 3 is 3.00 bits per heavy atom. The molecule has 3 nitrogen and oxygen atoms in total. The molecule has 0 unspecified atom stereocenters. The van der Waals surface area contributed by atoms with E-state index in [2.05, 4.69) is 57.8 Å². The maximum Gasteiger partial charge on any atom is 0.133 e. The molecule has 0 spiro atoms. The molecule has 2 aliphatic rings. The van der Waals surface area contributed by atoms with Crippen molar-refractivity contribution >= 4 is 33.5 Å². The molecule has 0 radical (unpaired) electrons. The van der Waals surface area contributed by atoms with Gasteiger partial charge in [0.25, 0.3) is 0 Å². The standard InChI is InChI=1S/C16H24BrN3S/c1-16(2)5-6-20(7-8-21-16)15-12(9-13(17)11-19-15)10-18-14-3-4-14/h9,11,14,18H,3-8,10H2,1-2H3. The zero-order valence-corrected chi connectivity index (χ0v) is 15.3. The predicted molar refractivity (Wildman–Crippen MR) is 95.2 cm³/mol. The summed E-state index contributed by atoms with van der Waals surface area (Å²) in [5, 5.41) is 3.62. The number of hydrogen-bond donors (Lipinski definition) is 1. The highest BCUT2D eigenvalue weighted by molar-refractivity contribution is 9.10. The Morgan fingerprint density at radius 1 is 1.43 bits per heavy atom. The summed E-state index contributed by atoms with van der Waals surface area (Å²) in [6.45, 7) is 7.83. The molecule has 5 heteroatoms. The van der Waals surface area contributed by atoms with E-state index in [1.54, 1.807) is 0 Å². The summed E-state index contributed by atoms with van der Waals surface area (Å²) in [4.78, 5) is 7.19. The lowest BCUT2D eigenvalue weighted by Crippen LogP contribution is -2.29. The molecule has 1 aliphatic carbocycles. The van der Waals surface area contributed by atoms with E-state index in [0.717, 1.165) is 30.1 Å². The fourth-order valence-electron chi connectivity index (χ4n) is 2.66. The van der Waals surface area contributed by atoms with Crippen molar-refractivity contribution in [3.63, 3.8) is 0 Å². The summed E-state index contributed by atoms with van der Waals surface area (Å²) < 4.78 is 1.46. The number of pyridine rings is 1. The van der Waals surface area contributed by atoms with Crippen LogP contribution in [0, 0.1) is 0 Å². The van der Waals surface area contributed by atoms with Gasteiger partial charge in [0.15, 0.2) is 0 Å². The van der Waals surface area contributed by atoms with Crippen LogP contribution in [0.2, 0.25) is 0 Å². The number of rotatable bonds is 4. The minimum absolute atomic E-state index is 0.385. The van der Waals surface area contributed by atoms with E-state index in [1.807, 2.05) is 6.20 Å². The lowest BCUT2D eigenvalue weighted by atomic mass is 10.1. The van der Waals surface area contributed by atoms with Gasteiger partial charge in [0.05, 0.1) is 0 Å². The third-order valence-corrected chi connectivity index (χ3v) is 6.01. The Morgan fingerprint density at radius 2 is 2.24 bits per heavy atom. The molecule has 2 fully saturated rings. The van der Waals surface area contributed by atoms with Crippen LogP contribution in [0.4, 0.5) is 5.82 Å².